The molecule has 2 fully saturated rings. The molecule has 0 spiro atoms. The highest BCUT2D eigenvalue weighted by Gasteiger charge is 2.24. The smallest absolute Gasteiger partial charge is 0.209 e. The SMILES string of the molecule is CCn1c(-c2cnc(C)nc2)nc2c(NC3CCCC3)ncnc21.CN(C=O)C1CC1. The molecule has 0 unspecified atom stereocenters. The number of amides is 1. The Kier molecular flexibility index (Phi) is 6.39. The lowest BCUT2D eigenvalue weighted by molar-refractivity contribution is -0.117. The lowest BCUT2D eigenvalue weighted by atomic mass is 10.2. The van der Waals surface area contributed by atoms with Crippen LogP contribution >= 0.6 is 0 Å². The van der Waals surface area contributed by atoms with E-state index in [0.717, 1.165) is 47.1 Å². The van der Waals surface area contributed by atoms with Gasteiger partial charge in [0.05, 0.1) is 5.56 Å². The van der Waals surface area contributed by atoms with Gasteiger partial charge >= 0.3 is 0 Å². The van der Waals surface area contributed by atoms with E-state index in [-0.39, 0.29) is 0 Å². The Bertz CT molecular complexity index is 1020. The molecule has 2 aliphatic rings. The molecule has 0 saturated heterocycles. The highest BCUT2D eigenvalue weighted by atomic mass is 16.1. The molecule has 9 heteroatoms. The van der Waals surface area contributed by atoms with Crippen molar-refractivity contribution in [3.8, 4) is 11.4 Å². The number of nitrogens with zero attached hydrogens (tertiary/aromatic N) is 7. The van der Waals surface area contributed by atoms with Gasteiger partial charge in [-0.25, -0.2) is 24.9 Å². The first kappa shape index (κ1) is 21.1. The molecule has 1 amide bonds. The van der Waals surface area contributed by atoms with Crippen molar-refractivity contribution in [1.29, 1.82) is 0 Å². The van der Waals surface area contributed by atoms with Gasteiger partial charge in [-0.15, -0.1) is 0 Å². The Morgan fingerprint density at radius 1 is 1.13 bits per heavy atom. The van der Waals surface area contributed by atoms with Crippen molar-refractivity contribution in [2.75, 3.05) is 12.4 Å². The lowest BCUT2D eigenvalue weighted by Crippen LogP contribution is -2.17. The molecule has 3 aromatic rings. The van der Waals surface area contributed by atoms with E-state index in [1.54, 1.807) is 11.2 Å². The Balaban J connectivity index is 0.000000282. The third kappa shape index (κ3) is 4.81. The summed E-state index contributed by atoms with van der Waals surface area (Å²) in [5.74, 6) is 2.41. The maximum atomic E-state index is 9.91. The third-order valence-corrected chi connectivity index (χ3v) is 5.87. The molecule has 3 heterocycles. The number of hydrogen-bond donors (Lipinski definition) is 1. The van der Waals surface area contributed by atoms with E-state index in [4.69, 9.17) is 4.98 Å². The van der Waals surface area contributed by atoms with Crippen LogP contribution in [-0.2, 0) is 11.3 Å². The standard InChI is InChI=1S/C17H21N7.C5H9NO/c1-3-24-16(12-8-18-11(2)19-9-12)23-14-15(20-10-21-17(14)24)22-13-6-4-5-7-13;1-6(4-7)5-2-3-5/h8-10,13H,3-7H2,1-2H3,(H,20,21,22);4-5H,2-3H2,1H3. The second kappa shape index (κ2) is 9.36. The number of hydrogen-bond acceptors (Lipinski definition) is 7. The van der Waals surface area contributed by atoms with Gasteiger partial charge in [0.2, 0.25) is 6.41 Å². The predicted octanol–water partition coefficient (Wildman–Crippen LogP) is 3.20. The molecular formula is C22H30N8O. The van der Waals surface area contributed by atoms with Crippen LogP contribution in [0.2, 0.25) is 0 Å². The van der Waals surface area contributed by atoms with Crippen LogP contribution in [0.4, 0.5) is 5.82 Å². The van der Waals surface area contributed by atoms with Gasteiger partial charge in [-0.05, 0) is 39.5 Å². The summed E-state index contributed by atoms with van der Waals surface area (Å²) >= 11 is 0. The van der Waals surface area contributed by atoms with E-state index in [9.17, 15) is 4.79 Å². The highest BCUT2D eigenvalue weighted by Crippen LogP contribution is 2.28. The fraction of sp³-hybridized carbons (Fsp3) is 0.545. The monoisotopic (exact) mass is 422 g/mol. The maximum Gasteiger partial charge on any atom is 0.209 e. The van der Waals surface area contributed by atoms with Gasteiger partial charge < -0.3 is 14.8 Å². The van der Waals surface area contributed by atoms with E-state index in [2.05, 4.69) is 36.7 Å². The van der Waals surface area contributed by atoms with Crippen molar-refractivity contribution in [2.24, 2.45) is 0 Å². The van der Waals surface area contributed by atoms with Crippen molar-refractivity contribution in [3.05, 3.63) is 24.5 Å². The van der Waals surface area contributed by atoms with E-state index >= 15 is 0 Å². The predicted molar refractivity (Wildman–Crippen MR) is 119 cm³/mol. The number of aryl methyl sites for hydroxylation is 2. The molecule has 1 N–H and O–H groups in total. The minimum absolute atomic E-state index is 0.487. The van der Waals surface area contributed by atoms with E-state index < -0.39 is 0 Å². The average Bonchev–Trinajstić information content (AvgIpc) is 3.38. The van der Waals surface area contributed by atoms with Crippen molar-refractivity contribution in [2.45, 2.75) is 71.0 Å². The summed E-state index contributed by atoms with van der Waals surface area (Å²) in [7, 11) is 1.82. The lowest BCUT2D eigenvalue weighted by Gasteiger charge is -2.12. The molecule has 31 heavy (non-hydrogen) atoms. The molecule has 0 aromatic carbocycles. The van der Waals surface area contributed by atoms with Crippen LogP contribution in [0.5, 0.6) is 0 Å². The van der Waals surface area contributed by atoms with Crippen LogP contribution < -0.4 is 5.32 Å². The van der Waals surface area contributed by atoms with Gasteiger partial charge in [0.25, 0.3) is 0 Å². The van der Waals surface area contributed by atoms with Gasteiger partial charge in [0.1, 0.15) is 18.0 Å². The summed E-state index contributed by atoms with van der Waals surface area (Å²) in [5.41, 5.74) is 2.57. The molecule has 5 rings (SSSR count). The van der Waals surface area contributed by atoms with Crippen LogP contribution in [0.3, 0.4) is 0 Å². The van der Waals surface area contributed by atoms with Gasteiger partial charge in [-0.3, -0.25) is 4.79 Å². The molecule has 3 aromatic heterocycles. The number of imidazole rings is 1. The highest BCUT2D eigenvalue weighted by molar-refractivity contribution is 5.86. The number of anilines is 1. The largest absolute Gasteiger partial charge is 0.365 e. The minimum atomic E-state index is 0.487. The van der Waals surface area contributed by atoms with Crippen LogP contribution in [-0.4, -0.2) is 59.9 Å². The zero-order valence-corrected chi connectivity index (χ0v) is 18.5. The Morgan fingerprint density at radius 3 is 2.42 bits per heavy atom. The number of rotatable bonds is 6. The first-order chi connectivity index (χ1) is 15.1. The first-order valence-corrected chi connectivity index (χ1v) is 11.0. The quantitative estimate of drug-likeness (QED) is 0.609. The second-order valence-electron chi connectivity index (χ2n) is 8.22. The first-order valence-electron chi connectivity index (χ1n) is 11.0. The topological polar surface area (TPSA) is 102 Å². The normalized spacial score (nSPS) is 16.1. The van der Waals surface area contributed by atoms with Gasteiger partial charge in [-0.2, -0.15) is 0 Å². The molecule has 9 nitrogen and oxygen atoms in total. The third-order valence-electron chi connectivity index (χ3n) is 5.87. The zero-order valence-electron chi connectivity index (χ0n) is 18.5. The van der Waals surface area contributed by atoms with Crippen molar-refractivity contribution < 1.29 is 4.79 Å². The fourth-order valence-electron chi connectivity index (χ4n) is 3.90. The summed E-state index contributed by atoms with van der Waals surface area (Å²) in [6.45, 7) is 4.74. The van der Waals surface area contributed by atoms with Crippen LogP contribution in [0.25, 0.3) is 22.6 Å². The molecular weight excluding hydrogens is 392 g/mol. The number of carbonyl (C=O) groups excluding carboxylic acids is 1. The zero-order chi connectivity index (χ0) is 21.8. The molecule has 164 valence electrons. The van der Waals surface area contributed by atoms with Gasteiger partial charge in [0.15, 0.2) is 17.0 Å². The summed E-state index contributed by atoms with van der Waals surface area (Å²) in [4.78, 5) is 33.9. The number of fused-ring (bicyclic) bond motifs is 1. The number of carbonyl (C=O) groups is 1. The Labute approximate surface area is 182 Å². The minimum Gasteiger partial charge on any atom is -0.365 e. The Morgan fingerprint density at radius 2 is 1.84 bits per heavy atom. The summed E-state index contributed by atoms with van der Waals surface area (Å²) < 4.78 is 2.09. The van der Waals surface area contributed by atoms with Crippen molar-refractivity contribution >= 4 is 23.4 Å². The molecule has 0 bridgehead atoms. The number of nitrogens with one attached hydrogen (secondary N) is 1. The van der Waals surface area contributed by atoms with E-state index in [0.29, 0.717) is 12.1 Å². The van der Waals surface area contributed by atoms with E-state index in [1.165, 1.54) is 38.5 Å². The molecule has 0 radical (unpaired) electrons. The fourth-order valence-corrected chi connectivity index (χ4v) is 3.90. The Hall–Kier alpha value is -3.10. The molecule has 2 aliphatic carbocycles. The van der Waals surface area contributed by atoms with Crippen LogP contribution in [0.15, 0.2) is 18.7 Å². The van der Waals surface area contributed by atoms with Crippen LogP contribution in [0, 0.1) is 6.92 Å². The van der Waals surface area contributed by atoms with Crippen molar-refractivity contribution in [3.63, 3.8) is 0 Å². The van der Waals surface area contributed by atoms with Gasteiger partial charge in [-0.1, -0.05) is 12.8 Å². The average molecular weight is 423 g/mol. The summed E-state index contributed by atoms with van der Waals surface area (Å²) in [6, 6.07) is 1.07. The van der Waals surface area contributed by atoms with Crippen molar-refractivity contribution in [1.82, 2.24) is 34.4 Å². The van der Waals surface area contributed by atoms with Crippen LogP contribution in [0.1, 0.15) is 51.3 Å². The summed E-state index contributed by atoms with van der Waals surface area (Å²) in [5, 5.41) is 3.55. The molecule has 0 aliphatic heterocycles. The van der Waals surface area contributed by atoms with E-state index in [1.807, 2.05) is 26.4 Å². The number of aromatic nitrogens is 6. The second-order valence-corrected chi connectivity index (χ2v) is 8.22. The maximum absolute atomic E-state index is 9.91. The van der Waals surface area contributed by atoms with Gasteiger partial charge in [0, 0.05) is 38.1 Å². The molecule has 0 atom stereocenters. The summed E-state index contributed by atoms with van der Waals surface area (Å²) in [6.07, 6.45) is 13.5. The molecule has 2 saturated carbocycles.